The second kappa shape index (κ2) is 5.62. The van der Waals surface area contributed by atoms with Crippen molar-refractivity contribution in [2.45, 2.75) is 38.8 Å². The van der Waals surface area contributed by atoms with Gasteiger partial charge in [0.2, 0.25) is 0 Å². The molecule has 1 heterocycles. The first-order chi connectivity index (χ1) is 10.0. The van der Waals surface area contributed by atoms with Crippen LogP contribution in [0.25, 0.3) is 10.8 Å². The number of anilines is 1. The minimum atomic E-state index is 0.195. The zero-order valence-electron chi connectivity index (χ0n) is 13.0. The zero-order chi connectivity index (χ0) is 15.0. The van der Waals surface area contributed by atoms with Gasteiger partial charge in [-0.15, -0.1) is 0 Å². The minimum Gasteiger partial charge on any atom is -0.365 e. The average molecular weight is 347 g/mol. The van der Waals surface area contributed by atoms with Crippen molar-refractivity contribution in [1.82, 2.24) is 5.32 Å². The first-order valence-electron chi connectivity index (χ1n) is 7.73. The van der Waals surface area contributed by atoms with Crippen LogP contribution in [0.3, 0.4) is 0 Å². The number of rotatable bonds is 2. The fourth-order valence-electron chi connectivity index (χ4n) is 3.15. The normalized spacial score (nSPS) is 26.3. The lowest BCUT2D eigenvalue weighted by Crippen LogP contribution is -2.62. The Balaban J connectivity index is 2.09. The van der Waals surface area contributed by atoms with Crippen molar-refractivity contribution in [2.75, 3.05) is 18.0 Å². The highest BCUT2D eigenvalue weighted by atomic mass is 79.9. The summed E-state index contributed by atoms with van der Waals surface area (Å²) in [6.07, 6.45) is 1.14. The van der Waals surface area contributed by atoms with Gasteiger partial charge in [0.1, 0.15) is 0 Å². The Morgan fingerprint density at radius 2 is 1.95 bits per heavy atom. The molecule has 2 aromatic carbocycles. The van der Waals surface area contributed by atoms with Gasteiger partial charge in [-0.3, -0.25) is 0 Å². The molecule has 2 atom stereocenters. The number of fused-ring (bicyclic) bond motifs is 1. The van der Waals surface area contributed by atoms with Crippen LogP contribution in [-0.4, -0.2) is 24.7 Å². The van der Waals surface area contributed by atoms with Crippen molar-refractivity contribution >= 4 is 32.4 Å². The summed E-state index contributed by atoms with van der Waals surface area (Å²) >= 11 is 3.68. The molecular weight excluding hydrogens is 324 g/mol. The summed E-state index contributed by atoms with van der Waals surface area (Å²) in [5, 5.41) is 6.33. The van der Waals surface area contributed by atoms with Crippen LogP contribution in [0.2, 0.25) is 0 Å². The predicted molar refractivity (Wildman–Crippen MR) is 95.2 cm³/mol. The van der Waals surface area contributed by atoms with Crippen molar-refractivity contribution in [3.05, 3.63) is 40.9 Å². The van der Waals surface area contributed by atoms with Crippen LogP contribution in [0.15, 0.2) is 40.9 Å². The highest BCUT2D eigenvalue weighted by Crippen LogP contribution is 2.35. The van der Waals surface area contributed by atoms with Crippen molar-refractivity contribution in [2.24, 2.45) is 0 Å². The number of nitrogens with zero attached hydrogens (tertiary/aromatic N) is 1. The summed E-state index contributed by atoms with van der Waals surface area (Å²) in [4.78, 5) is 2.56. The van der Waals surface area contributed by atoms with Crippen LogP contribution in [0.4, 0.5) is 5.69 Å². The van der Waals surface area contributed by atoms with E-state index in [1.165, 1.54) is 20.9 Å². The van der Waals surface area contributed by atoms with Crippen LogP contribution in [0.1, 0.15) is 27.2 Å². The third kappa shape index (κ3) is 2.69. The summed E-state index contributed by atoms with van der Waals surface area (Å²) in [5.74, 6) is 0. The molecule has 0 radical (unpaired) electrons. The lowest BCUT2D eigenvalue weighted by molar-refractivity contribution is 0.286. The molecule has 2 nitrogen and oxygen atoms in total. The Kier molecular flexibility index (Phi) is 3.98. The average Bonchev–Trinajstić information content (AvgIpc) is 2.51. The number of hydrogen-bond donors (Lipinski definition) is 1. The predicted octanol–water partition coefficient (Wildman–Crippen LogP) is 4.57. The lowest BCUT2D eigenvalue weighted by atomic mass is 9.92. The van der Waals surface area contributed by atoms with Gasteiger partial charge in [0.25, 0.3) is 0 Å². The molecule has 0 aliphatic carbocycles. The summed E-state index contributed by atoms with van der Waals surface area (Å²) in [6.45, 7) is 8.98. The second-order valence-electron chi connectivity index (χ2n) is 6.38. The van der Waals surface area contributed by atoms with Gasteiger partial charge in [0.05, 0.1) is 0 Å². The summed E-state index contributed by atoms with van der Waals surface area (Å²) in [7, 11) is 0. The van der Waals surface area contributed by atoms with E-state index in [1.807, 2.05) is 0 Å². The molecule has 2 unspecified atom stereocenters. The Labute approximate surface area is 135 Å². The van der Waals surface area contributed by atoms with Gasteiger partial charge in [-0.2, -0.15) is 0 Å². The fourth-order valence-corrected chi connectivity index (χ4v) is 3.63. The molecule has 0 bridgehead atoms. The van der Waals surface area contributed by atoms with Crippen molar-refractivity contribution in [3.8, 4) is 0 Å². The van der Waals surface area contributed by atoms with Crippen molar-refractivity contribution < 1.29 is 0 Å². The molecule has 0 saturated carbocycles. The SMILES string of the molecule is CCC1(C)CN(c2ccc(Br)c3ccccc23)C(C)CN1. The molecule has 1 saturated heterocycles. The number of piperazine rings is 1. The second-order valence-corrected chi connectivity index (χ2v) is 7.24. The number of halogens is 1. The molecular formula is C18H23BrN2. The quantitative estimate of drug-likeness (QED) is 0.856. The molecule has 3 rings (SSSR count). The highest BCUT2D eigenvalue weighted by Gasteiger charge is 2.33. The first-order valence-corrected chi connectivity index (χ1v) is 8.52. The zero-order valence-corrected chi connectivity index (χ0v) is 14.6. The number of nitrogens with one attached hydrogen (secondary N) is 1. The van der Waals surface area contributed by atoms with E-state index in [9.17, 15) is 0 Å². The van der Waals surface area contributed by atoms with Gasteiger partial charge >= 0.3 is 0 Å². The van der Waals surface area contributed by atoms with E-state index in [0.29, 0.717) is 6.04 Å². The third-order valence-electron chi connectivity index (χ3n) is 4.81. The lowest BCUT2D eigenvalue weighted by Gasteiger charge is -2.46. The van der Waals surface area contributed by atoms with Gasteiger partial charge in [-0.05, 0) is 37.8 Å². The van der Waals surface area contributed by atoms with Gasteiger partial charge in [-0.1, -0.05) is 47.1 Å². The van der Waals surface area contributed by atoms with Gasteiger partial charge in [0.15, 0.2) is 0 Å². The molecule has 1 aliphatic heterocycles. The molecule has 0 aromatic heterocycles. The monoisotopic (exact) mass is 346 g/mol. The Hall–Kier alpha value is -1.06. The molecule has 1 N–H and O–H groups in total. The van der Waals surface area contributed by atoms with E-state index < -0.39 is 0 Å². The number of benzene rings is 2. The maximum absolute atomic E-state index is 3.70. The maximum Gasteiger partial charge on any atom is 0.0450 e. The largest absolute Gasteiger partial charge is 0.365 e. The van der Waals surface area contributed by atoms with Crippen LogP contribution in [0, 0.1) is 0 Å². The van der Waals surface area contributed by atoms with Crippen LogP contribution >= 0.6 is 15.9 Å². The Bertz CT molecular complexity index is 655. The van der Waals surface area contributed by atoms with Crippen LogP contribution < -0.4 is 10.2 Å². The van der Waals surface area contributed by atoms with Crippen molar-refractivity contribution in [3.63, 3.8) is 0 Å². The van der Waals surface area contributed by atoms with E-state index >= 15 is 0 Å². The molecule has 2 aromatic rings. The topological polar surface area (TPSA) is 15.3 Å². The molecule has 3 heteroatoms. The third-order valence-corrected chi connectivity index (χ3v) is 5.50. The first kappa shape index (κ1) is 14.9. The van der Waals surface area contributed by atoms with E-state index in [0.717, 1.165) is 19.5 Å². The molecule has 21 heavy (non-hydrogen) atoms. The number of hydrogen-bond acceptors (Lipinski definition) is 2. The Morgan fingerprint density at radius 1 is 1.24 bits per heavy atom. The van der Waals surface area contributed by atoms with E-state index in [-0.39, 0.29) is 5.54 Å². The van der Waals surface area contributed by atoms with Gasteiger partial charge in [-0.25, -0.2) is 0 Å². The van der Waals surface area contributed by atoms with E-state index in [1.54, 1.807) is 0 Å². The molecule has 0 spiro atoms. The summed E-state index contributed by atoms with van der Waals surface area (Å²) < 4.78 is 1.17. The minimum absolute atomic E-state index is 0.195. The van der Waals surface area contributed by atoms with E-state index in [2.05, 4.69) is 83.3 Å². The molecule has 112 valence electrons. The van der Waals surface area contributed by atoms with Gasteiger partial charge < -0.3 is 10.2 Å². The molecule has 0 amide bonds. The molecule has 1 aliphatic rings. The van der Waals surface area contributed by atoms with Crippen LogP contribution in [0.5, 0.6) is 0 Å². The van der Waals surface area contributed by atoms with Crippen molar-refractivity contribution in [1.29, 1.82) is 0 Å². The smallest absolute Gasteiger partial charge is 0.0450 e. The van der Waals surface area contributed by atoms with Crippen LogP contribution in [-0.2, 0) is 0 Å². The highest BCUT2D eigenvalue weighted by molar-refractivity contribution is 9.10. The Morgan fingerprint density at radius 3 is 2.67 bits per heavy atom. The maximum atomic E-state index is 3.70. The molecule has 1 fully saturated rings. The fraction of sp³-hybridized carbons (Fsp3) is 0.444. The van der Waals surface area contributed by atoms with Gasteiger partial charge in [0, 0.05) is 40.2 Å². The van der Waals surface area contributed by atoms with E-state index in [4.69, 9.17) is 0 Å². The summed E-state index contributed by atoms with van der Waals surface area (Å²) in [6, 6.07) is 13.6. The summed E-state index contributed by atoms with van der Waals surface area (Å²) in [5.41, 5.74) is 1.54. The standard InChI is InChI=1S/C18H23BrN2/c1-4-18(3)12-21(13(2)11-20-18)17-10-9-16(19)14-7-5-6-8-15(14)17/h5-10,13,20H,4,11-12H2,1-3H3.